The van der Waals surface area contributed by atoms with E-state index in [4.69, 9.17) is 22.9 Å². The van der Waals surface area contributed by atoms with Gasteiger partial charge in [0.2, 0.25) is 0 Å². The minimum Gasteiger partial charge on any atom is -1.00 e. The fraction of sp³-hybridized carbons (Fsp3) is 1.00. The molecule has 4 nitrogen and oxygen atoms in total. The first-order valence-corrected chi connectivity index (χ1v) is 2.63. The maximum atomic E-state index is 4.90. The van der Waals surface area contributed by atoms with Gasteiger partial charge in [-0.1, -0.05) is 0 Å². The Labute approximate surface area is 116 Å². The molecule has 0 saturated heterocycles. The molecule has 0 atom stereocenters. The van der Waals surface area contributed by atoms with Gasteiger partial charge in [-0.05, 0) is 0 Å². The van der Waals surface area contributed by atoms with Crippen LogP contribution in [0.15, 0.2) is 0 Å². The van der Waals surface area contributed by atoms with Gasteiger partial charge in [0.15, 0.2) is 0 Å². The molecule has 8 N–H and O–H groups in total. The van der Waals surface area contributed by atoms with Crippen molar-refractivity contribution in [3.8, 4) is 0 Å². The maximum Gasteiger partial charge on any atom is 3.00 e. The van der Waals surface area contributed by atoms with Gasteiger partial charge >= 0.3 is 16.8 Å². The smallest absolute Gasteiger partial charge is 1.00 e. The largest absolute Gasteiger partial charge is 3.00 e. The third-order valence-electron chi connectivity index (χ3n) is 0.333. The molecule has 0 fully saturated rings. The van der Waals surface area contributed by atoms with E-state index >= 15 is 0 Å². The van der Waals surface area contributed by atoms with Crippen molar-refractivity contribution in [1.82, 2.24) is 0 Å². The van der Waals surface area contributed by atoms with Crippen LogP contribution in [0.2, 0.25) is 0 Å². The summed E-state index contributed by atoms with van der Waals surface area (Å²) in [6.45, 7) is 2.39. The molecule has 0 saturated carbocycles. The standard InChI is InChI=1S/2C2H8N2.3BrH.Co/c2*3-1-2-4;;;;/h2*1-4H2;3*1H;/q;;;;;+3/p-3. The molecule has 12 heavy (non-hydrogen) atoms. The van der Waals surface area contributed by atoms with Crippen LogP contribution >= 0.6 is 0 Å². The predicted octanol–water partition coefficient (Wildman–Crippen LogP) is -11.2. The Morgan fingerprint density at radius 2 is 0.583 bits per heavy atom. The second-order valence-corrected chi connectivity index (χ2v) is 1.15. The van der Waals surface area contributed by atoms with Gasteiger partial charge in [-0.3, -0.25) is 0 Å². The Balaban J connectivity index is -0.0000000112. The minimum atomic E-state index is 0. The van der Waals surface area contributed by atoms with Crippen molar-refractivity contribution in [2.75, 3.05) is 26.2 Å². The molecule has 0 aromatic heterocycles. The third-order valence-corrected chi connectivity index (χ3v) is 0.333. The molecule has 0 aliphatic rings. The summed E-state index contributed by atoms with van der Waals surface area (Å²) in [5, 5.41) is 0. The fourth-order valence-electron chi connectivity index (χ4n) is 0. The fourth-order valence-corrected chi connectivity index (χ4v) is 0. The molecule has 0 aromatic rings. The first kappa shape index (κ1) is 37.2. The molecule has 0 heterocycles. The number of rotatable bonds is 2. The van der Waals surface area contributed by atoms with Crippen LogP contribution in [0.5, 0.6) is 0 Å². The van der Waals surface area contributed by atoms with E-state index < -0.39 is 0 Å². The minimum absolute atomic E-state index is 0. The van der Waals surface area contributed by atoms with E-state index in [1.54, 1.807) is 0 Å². The van der Waals surface area contributed by atoms with E-state index in [-0.39, 0.29) is 67.7 Å². The van der Waals surface area contributed by atoms with Crippen molar-refractivity contribution in [3.63, 3.8) is 0 Å². The summed E-state index contributed by atoms with van der Waals surface area (Å²) in [4.78, 5) is 0. The van der Waals surface area contributed by atoms with Crippen molar-refractivity contribution < 1.29 is 67.7 Å². The van der Waals surface area contributed by atoms with E-state index in [0.29, 0.717) is 26.2 Å². The second-order valence-electron chi connectivity index (χ2n) is 1.15. The van der Waals surface area contributed by atoms with Crippen molar-refractivity contribution in [3.05, 3.63) is 0 Å². The number of hydrogen-bond acceptors (Lipinski definition) is 4. The average molecular weight is 419 g/mol. The molecule has 0 aliphatic carbocycles. The maximum absolute atomic E-state index is 4.90. The summed E-state index contributed by atoms with van der Waals surface area (Å²) in [5.74, 6) is 0. The summed E-state index contributed by atoms with van der Waals surface area (Å²) in [6, 6.07) is 0. The van der Waals surface area contributed by atoms with Crippen LogP contribution in [0, 0.1) is 0 Å². The Kier molecular flexibility index (Phi) is 164. The molecular weight excluding hydrogens is 403 g/mol. The summed E-state index contributed by atoms with van der Waals surface area (Å²) in [5.41, 5.74) is 19.6. The molecule has 82 valence electrons. The van der Waals surface area contributed by atoms with Crippen molar-refractivity contribution in [2.45, 2.75) is 0 Å². The summed E-state index contributed by atoms with van der Waals surface area (Å²) in [7, 11) is 0. The molecule has 0 amide bonds. The van der Waals surface area contributed by atoms with E-state index in [9.17, 15) is 0 Å². The Morgan fingerprint density at radius 1 is 0.500 bits per heavy atom. The van der Waals surface area contributed by atoms with Gasteiger partial charge in [0.1, 0.15) is 0 Å². The van der Waals surface area contributed by atoms with Crippen molar-refractivity contribution in [2.24, 2.45) is 22.9 Å². The monoisotopic (exact) mass is 416 g/mol. The molecule has 0 radical (unpaired) electrons. The van der Waals surface area contributed by atoms with Gasteiger partial charge < -0.3 is 73.9 Å². The van der Waals surface area contributed by atoms with Crippen LogP contribution in [0.3, 0.4) is 0 Å². The Hall–Kier alpha value is 1.79. The van der Waals surface area contributed by atoms with E-state index in [2.05, 4.69) is 0 Å². The first-order chi connectivity index (χ1) is 3.83. The van der Waals surface area contributed by atoms with E-state index in [0.717, 1.165) is 0 Å². The van der Waals surface area contributed by atoms with Gasteiger partial charge in [-0.25, -0.2) is 0 Å². The predicted molar refractivity (Wildman–Crippen MR) is 36.2 cm³/mol. The van der Waals surface area contributed by atoms with E-state index in [1.165, 1.54) is 0 Å². The van der Waals surface area contributed by atoms with Gasteiger partial charge in [-0.2, -0.15) is 0 Å². The normalized spacial score (nSPS) is 5.00. The Morgan fingerprint density at radius 3 is 0.583 bits per heavy atom. The topological polar surface area (TPSA) is 104 Å². The van der Waals surface area contributed by atoms with Crippen molar-refractivity contribution >= 4 is 0 Å². The molecule has 0 aromatic carbocycles. The molecule has 0 aliphatic heterocycles. The average Bonchev–Trinajstić information content (AvgIpc) is 1.88. The quantitative estimate of drug-likeness (QED) is 0.357. The SMILES string of the molecule is NCCN.NCCN.[Br-].[Br-].[Br-].[Co+3]. The van der Waals surface area contributed by atoms with Crippen LogP contribution < -0.4 is 73.9 Å². The Bertz CT molecular complexity index is 30.3. The summed E-state index contributed by atoms with van der Waals surface area (Å²) >= 11 is 0. The van der Waals surface area contributed by atoms with Crippen LogP contribution in [-0.4, -0.2) is 26.2 Å². The van der Waals surface area contributed by atoms with Crippen LogP contribution in [-0.2, 0) is 16.8 Å². The second kappa shape index (κ2) is 53.1. The van der Waals surface area contributed by atoms with Gasteiger partial charge in [-0.15, -0.1) is 0 Å². The summed E-state index contributed by atoms with van der Waals surface area (Å²) < 4.78 is 0. The zero-order valence-electron chi connectivity index (χ0n) is 6.61. The number of halogens is 3. The van der Waals surface area contributed by atoms with Crippen LogP contribution in [0.1, 0.15) is 0 Å². The van der Waals surface area contributed by atoms with Gasteiger partial charge in [0.25, 0.3) is 0 Å². The number of hydrogen-bond donors (Lipinski definition) is 4. The molecule has 0 rings (SSSR count). The summed E-state index contributed by atoms with van der Waals surface area (Å²) in [6.07, 6.45) is 0. The van der Waals surface area contributed by atoms with Gasteiger partial charge in [0, 0.05) is 26.2 Å². The zero-order chi connectivity index (χ0) is 6.83. The number of nitrogens with two attached hydrogens (primary N) is 4. The first-order valence-electron chi connectivity index (χ1n) is 2.63. The van der Waals surface area contributed by atoms with Crippen LogP contribution in [0.4, 0.5) is 0 Å². The van der Waals surface area contributed by atoms with Crippen LogP contribution in [0.25, 0.3) is 0 Å². The molecule has 8 heteroatoms. The molecule has 0 bridgehead atoms. The molecule has 0 unspecified atom stereocenters. The third kappa shape index (κ3) is 95.6. The molecular formula is C4H16Br3CoN4. The van der Waals surface area contributed by atoms with Gasteiger partial charge in [0.05, 0.1) is 0 Å². The molecule has 0 spiro atoms. The van der Waals surface area contributed by atoms with Crippen molar-refractivity contribution in [1.29, 1.82) is 0 Å². The van der Waals surface area contributed by atoms with E-state index in [1.807, 2.05) is 0 Å². The zero-order valence-corrected chi connectivity index (χ0v) is 12.4.